The Labute approximate surface area is 217 Å². The first-order valence-corrected chi connectivity index (χ1v) is 12.5. The van der Waals surface area contributed by atoms with Gasteiger partial charge in [0.05, 0.1) is 25.8 Å². The molecular weight excluding hydrogens is 474 g/mol. The second-order valence-electron chi connectivity index (χ2n) is 9.04. The number of nitrogens with zero attached hydrogens (tertiary/aromatic N) is 4. The van der Waals surface area contributed by atoms with Crippen molar-refractivity contribution in [1.82, 2.24) is 25.2 Å². The summed E-state index contributed by atoms with van der Waals surface area (Å²) in [6.45, 7) is 7.44. The summed E-state index contributed by atoms with van der Waals surface area (Å²) < 4.78 is 18.0. The summed E-state index contributed by atoms with van der Waals surface area (Å²) in [5.41, 5.74) is 2.04. The van der Waals surface area contributed by atoms with E-state index in [1.54, 1.807) is 37.1 Å². The maximum atomic E-state index is 13.7. The Morgan fingerprint density at radius 2 is 1.89 bits per heavy atom. The Balaban J connectivity index is 1.99. The molecule has 0 aliphatic rings. The molecule has 1 atom stereocenters. The number of benzene rings is 2. The van der Waals surface area contributed by atoms with E-state index in [2.05, 4.69) is 29.5 Å². The second kappa shape index (κ2) is 13.6. The molecule has 0 saturated carbocycles. The average molecular weight is 512 g/mol. The minimum absolute atomic E-state index is 0.0752. The van der Waals surface area contributed by atoms with Crippen LogP contribution in [-0.2, 0) is 20.9 Å². The highest BCUT2D eigenvalue weighted by molar-refractivity contribution is 5.89. The molecule has 1 aromatic heterocycles. The SMILES string of the molecule is CCOc1ccc(C(C(=O)NCCC(C)C)N(CCOC)C(=O)Cn2nnc3ccccc32)cc1OC. The molecule has 2 amide bonds. The van der Waals surface area contributed by atoms with Crippen molar-refractivity contribution >= 4 is 22.8 Å². The molecule has 0 radical (unpaired) electrons. The molecule has 1 heterocycles. The molecule has 0 fully saturated rings. The molecule has 0 aliphatic heterocycles. The van der Waals surface area contributed by atoms with E-state index < -0.39 is 6.04 Å². The number of carbonyl (C=O) groups excluding carboxylic acids is 2. The maximum Gasteiger partial charge on any atom is 0.247 e. The zero-order chi connectivity index (χ0) is 26.8. The summed E-state index contributed by atoms with van der Waals surface area (Å²) in [5, 5.41) is 11.3. The molecule has 37 heavy (non-hydrogen) atoms. The fourth-order valence-electron chi connectivity index (χ4n) is 4.02. The second-order valence-corrected chi connectivity index (χ2v) is 9.04. The molecule has 0 aliphatic carbocycles. The predicted octanol–water partition coefficient (Wildman–Crippen LogP) is 3.22. The summed E-state index contributed by atoms with van der Waals surface area (Å²) in [4.78, 5) is 28.9. The number of aromatic nitrogens is 3. The monoisotopic (exact) mass is 511 g/mol. The molecule has 2 aromatic carbocycles. The van der Waals surface area contributed by atoms with Crippen molar-refractivity contribution in [3.63, 3.8) is 0 Å². The van der Waals surface area contributed by atoms with Crippen LogP contribution in [0.25, 0.3) is 11.0 Å². The Morgan fingerprint density at radius 1 is 1.11 bits per heavy atom. The number of methoxy groups -OCH3 is 2. The van der Waals surface area contributed by atoms with Crippen LogP contribution in [0.1, 0.15) is 38.8 Å². The van der Waals surface area contributed by atoms with E-state index in [0.29, 0.717) is 41.6 Å². The third-order valence-corrected chi connectivity index (χ3v) is 5.95. The van der Waals surface area contributed by atoms with Crippen molar-refractivity contribution < 1.29 is 23.8 Å². The van der Waals surface area contributed by atoms with E-state index in [9.17, 15) is 9.59 Å². The Bertz CT molecular complexity index is 1180. The number of ether oxygens (including phenoxy) is 3. The van der Waals surface area contributed by atoms with Crippen LogP contribution in [0.15, 0.2) is 42.5 Å². The van der Waals surface area contributed by atoms with Crippen molar-refractivity contribution in [3.05, 3.63) is 48.0 Å². The Morgan fingerprint density at radius 3 is 2.59 bits per heavy atom. The summed E-state index contributed by atoms with van der Waals surface area (Å²) >= 11 is 0. The van der Waals surface area contributed by atoms with Gasteiger partial charge in [0.25, 0.3) is 0 Å². The number of para-hydroxylation sites is 1. The summed E-state index contributed by atoms with van der Waals surface area (Å²) in [7, 11) is 3.11. The lowest BCUT2D eigenvalue weighted by molar-refractivity contribution is -0.142. The molecule has 0 bridgehead atoms. The third-order valence-electron chi connectivity index (χ3n) is 5.95. The first-order chi connectivity index (χ1) is 17.9. The number of carbonyl (C=O) groups is 2. The number of fused-ring (bicyclic) bond motifs is 1. The first-order valence-electron chi connectivity index (χ1n) is 12.5. The van der Waals surface area contributed by atoms with Gasteiger partial charge in [-0.25, -0.2) is 4.68 Å². The van der Waals surface area contributed by atoms with Crippen LogP contribution in [0.4, 0.5) is 0 Å². The van der Waals surface area contributed by atoms with Crippen LogP contribution in [0, 0.1) is 5.92 Å². The van der Waals surface area contributed by atoms with Crippen LogP contribution >= 0.6 is 0 Å². The lowest BCUT2D eigenvalue weighted by Gasteiger charge is -2.31. The average Bonchev–Trinajstić information content (AvgIpc) is 3.29. The van der Waals surface area contributed by atoms with Crippen molar-refractivity contribution in [2.24, 2.45) is 5.92 Å². The highest BCUT2D eigenvalue weighted by Crippen LogP contribution is 2.33. The van der Waals surface area contributed by atoms with Crippen molar-refractivity contribution in [2.45, 2.75) is 39.8 Å². The summed E-state index contributed by atoms with van der Waals surface area (Å²) in [6, 6.07) is 11.8. The number of hydrogen-bond donors (Lipinski definition) is 1. The van der Waals surface area contributed by atoms with E-state index in [0.717, 1.165) is 11.9 Å². The van der Waals surface area contributed by atoms with Gasteiger partial charge in [0, 0.05) is 20.2 Å². The van der Waals surface area contributed by atoms with Gasteiger partial charge in [-0.3, -0.25) is 9.59 Å². The molecule has 10 nitrogen and oxygen atoms in total. The predicted molar refractivity (Wildman–Crippen MR) is 140 cm³/mol. The van der Waals surface area contributed by atoms with E-state index in [4.69, 9.17) is 14.2 Å². The minimum atomic E-state index is -0.908. The van der Waals surface area contributed by atoms with Gasteiger partial charge in [0.1, 0.15) is 18.1 Å². The van der Waals surface area contributed by atoms with E-state index in [-0.39, 0.29) is 31.5 Å². The summed E-state index contributed by atoms with van der Waals surface area (Å²) in [6.07, 6.45) is 0.821. The van der Waals surface area contributed by atoms with Gasteiger partial charge in [0.2, 0.25) is 11.8 Å². The lowest BCUT2D eigenvalue weighted by Crippen LogP contribution is -2.46. The van der Waals surface area contributed by atoms with Crippen molar-refractivity contribution in [2.75, 3.05) is 40.5 Å². The van der Waals surface area contributed by atoms with Gasteiger partial charge >= 0.3 is 0 Å². The highest BCUT2D eigenvalue weighted by atomic mass is 16.5. The zero-order valence-corrected chi connectivity index (χ0v) is 22.3. The first kappa shape index (κ1) is 27.9. The number of rotatable bonds is 14. The van der Waals surface area contributed by atoms with E-state index in [1.807, 2.05) is 31.2 Å². The van der Waals surface area contributed by atoms with Crippen LogP contribution in [0.5, 0.6) is 11.5 Å². The number of hydrogen-bond acceptors (Lipinski definition) is 7. The van der Waals surface area contributed by atoms with Crippen LogP contribution in [-0.4, -0.2) is 72.2 Å². The highest BCUT2D eigenvalue weighted by Gasteiger charge is 2.32. The van der Waals surface area contributed by atoms with Gasteiger partial charge in [-0.15, -0.1) is 5.10 Å². The van der Waals surface area contributed by atoms with E-state index >= 15 is 0 Å². The number of nitrogens with one attached hydrogen (secondary N) is 1. The fraction of sp³-hybridized carbons (Fsp3) is 0.481. The van der Waals surface area contributed by atoms with E-state index in [1.165, 1.54) is 4.90 Å². The number of amides is 2. The third kappa shape index (κ3) is 7.19. The minimum Gasteiger partial charge on any atom is -0.493 e. The summed E-state index contributed by atoms with van der Waals surface area (Å²) in [5.74, 6) is 0.915. The lowest BCUT2D eigenvalue weighted by atomic mass is 10.0. The molecule has 0 saturated heterocycles. The molecule has 3 aromatic rings. The standard InChI is InChI=1S/C27H37N5O5/c1-6-37-23-12-11-20(17-24(23)36-5)26(27(34)28-14-13-19(2)3)31(15-16-35-4)25(33)18-32-22-10-8-7-9-21(22)29-30-32/h7-12,17,19,26H,6,13-16,18H2,1-5H3,(H,28,34). The molecular formula is C27H37N5O5. The molecule has 3 rings (SSSR count). The van der Waals surface area contributed by atoms with Crippen molar-refractivity contribution in [1.29, 1.82) is 0 Å². The molecule has 10 heteroatoms. The van der Waals surface area contributed by atoms with Gasteiger partial charge in [0.15, 0.2) is 11.5 Å². The van der Waals surface area contributed by atoms with Crippen molar-refractivity contribution in [3.8, 4) is 11.5 Å². The van der Waals surface area contributed by atoms with Crippen LogP contribution < -0.4 is 14.8 Å². The maximum absolute atomic E-state index is 13.7. The molecule has 1 N–H and O–H groups in total. The quantitative estimate of drug-likeness (QED) is 0.354. The largest absolute Gasteiger partial charge is 0.493 e. The van der Waals surface area contributed by atoms with Gasteiger partial charge < -0.3 is 24.4 Å². The Hall–Kier alpha value is -3.66. The molecule has 200 valence electrons. The normalized spacial score (nSPS) is 11.9. The zero-order valence-electron chi connectivity index (χ0n) is 22.3. The molecule has 1 unspecified atom stereocenters. The van der Waals surface area contributed by atoms with Gasteiger partial charge in [-0.1, -0.05) is 37.3 Å². The fourth-order valence-corrected chi connectivity index (χ4v) is 4.02. The van der Waals surface area contributed by atoms with Crippen LogP contribution in [0.3, 0.4) is 0 Å². The Kier molecular flexibility index (Phi) is 10.3. The molecule has 0 spiro atoms. The van der Waals surface area contributed by atoms with Gasteiger partial charge in [-0.05, 0) is 49.1 Å². The smallest absolute Gasteiger partial charge is 0.247 e. The topological polar surface area (TPSA) is 108 Å². The van der Waals surface area contributed by atoms with Gasteiger partial charge in [-0.2, -0.15) is 0 Å². The van der Waals surface area contributed by atoms with Crippen LogP contribution in [0.2, 0.25) is 0 Å².